The fourth-order valence-electron chi connectivity index (χ4n) is 8.32. The minimum atomic E-state index is -0.0646. The normalized spacial score (nSPS) is 51.3. The highest BCUT2D eigenvalue weighted by atomic mass is 32.2. The van der Waals surface area contributed by atoms with E-state index in [9.17, 15) is 31.6 Å². The zero-order chi connectivity index (χ0) is 27.7. The monoisotopic (exact) mass is 636 g/mol. The van der Waals surface area contributed by atoms with E-state index < -0.39 is 0 Å². The summed E-state index contributed by atoms with van der Waals surface area (Å²) in [5.41, 5.74) is 1.36. The SMILES string of the molecule is N#CC(C#N)=C1C2CC(C3SC(C#N)C4CC(C#N)SC43)SC2C2SC(C3SC(C#N)C4CC(C#N)SC43)CC12. The van der Waals surface area contributed by atoms with E-state index in [-0.39, 0.29) is 44.7 Å². The Labute approximate surface area is 260 Å². The van der Waals surface area contributed by atoms with Crippen LogP contribution in [-0.4, -0.2) is 63.0 Å². The predicted octanol–water partition coefficient (Wildman–Crippen LogP) is 5.37. The summed E-state index contributed by atoms with van der Waals surface area (Å²) in [4.78, 5) is 0. The summed E-state index contributed by atoms with van der Waals surface area (Å²) in [5, 5.41) is 61.3. The highest BCUT2D eigenvalue weighted by Crippen LogP contribution is 2.68. The maximum absolute atomic E-state index is 9.98. The van der Waals surface area contributed by atoms with Gasteiger partial charge in [0.15, 0.2) is 0 Å². The molecule has 16 unspecified atom stereocenters. The van der Waals surface area contributed by atoms with Gasteiger partial charge in [-0.3, -0.25) is 0 Å². The van der Waals surface area contributed by atoms with Crippen molar-refractivity contribution >= 4 is 70.6 Å². The first-order valence-corrected chi connectivity index (χ1v) is 19.2. The van der Waals surface area contributed by atoms with Crippen LogP contribution >= 0.6 is 70.6 Å². The number of nitrogens with zero attached hydrogens (tertiary/aromatic N) is 6. The number of thioether (sulfide) groups is 6. The van der Waals surface area contributed by atoms with Crippen molar-refractivity contribution in [3.63, 3.8) is 0 Å². The van der Waals surface area contributed by atoms with Crippen molar-refractivity contribution in [2.45, 2.75) is 88.7 Å². The third-order valence-corrected chi connectivity index (χ3v) is 20.8. The van der Waals surface area contributed by atoms with E-state index in [0.717, 1.165) is 31.3 Å². The molecule has 0 aromatic carbocycles. The molecular weight excluding hydrogens is 613 g/mol. The predicted molar refractivity (Wildman–Crippen MR) is 164 cm³/mol. The summed E-state index contributed by atoms with van der Waals surface area (Å²) in [7, 11) is 0. The molecule has 0 N–H and O–H groups in total. The van der Waals surface area contributed by atoms with Gasteiger partial charge in [0.1, 0.15) is 17.7 Å². The van der Waals surface area contributed by atoms with Crippen molar-refractivity contribution < 1.29 is 0 Å². The van der Waals surface area contributed by atoms with Crippen LogP contribution in [0.5, 0.6) is 0 Å². The molecule has 0 spiro atoms. The maximum atomic E-state index is 9.98. The molecular formula is C28H24N6S6. The lowest BCUT2D eigenvalue weighted by Crippen LogP contribution is -2.28. The van der Waals surface area contributed by atoms with E-state index in [2.05, 4.69) is 36.4 Å². The van der Waals surface area contributed by atoms with Crippen molar-refractivity contribution in [2.75, 3.05) is 0 Å². The molecule has 202 valence electrons. The van der Waals surface area contributed by atoms with E-state index in [1.165, 1.54) is 0 Å². The molecule has 6 saturated heterocycles. The third-order valence-electron chi connectivity index (χ3n) is 9.83. The molecule has 0 aromatic heterocycles. The van der Waals surface area contributed by atoms with Crippen LogP contribution in [0.25, 0.3) is 0 Å². The largest absolute Gasteiger partial charge is 0.197 e. The summed E-state index contributed by atoms with van der Waals surface area (Å²) >= 11 is 11.2. The molecule has 7 rings (SSSR count). The quantitative estimate of drug-likeness (QED) is 0.360. The Bertz CT molecular complexity index is 1290. The van der Waals surface area contributed by atoms with Crippen molar-refractivity contribution in [3.8, 4) is 36.4 Å². The van der Waals surface area contributed by atoms with E-state index in [4.69, 9.17) is 0 Å². The first kappa shape index (κ1) is 27.6. The van der Waals surface area contributed by atoms with E-state index in [0.29, 0.717) is 47.6 Å². The number of allylic oxidation sites excluding steroid dienone is 2. The lowest BCUT2D eigenvalue weighted by Gasteiger charge is -2.25. The van der Waals surface area contributed by atoms with Gasteiger partial charge in [-0.05, 0) is 54.9 Å². The van der Waals surface area contributed by atoms with Crippen LogP contribution in [0, 0.1) is 91.7 Å². The molecule has 16 atom stereocenters. The van der Waals surface area contributed by atoms with E-state index in [1.54, 1.807) is 47.0 Å². The second-order valence-electron chi connectivity index (χ2n) is 11.6. The molecule has 0 aromatic rings. The van der Waals surface area contributed by atoms with Gasteiger partial charge >= 0.3 is 0 Å². The third kappa shape index (κ3) is 4.13. The Morgan fingerprint density at radius 3 is 1.32 bits per heavy atom. The van der Waals surface area contributed by atoms with E-state index >= 15 is 0 Å². The highest BCUT2D eigenvalue weighted by Gasteiger charge is 2.63. The van der Waals surface area contributed by atoms with Crippen LogP contribution < -0.4 is 0 Å². The summed E-state index contributed by atoms with van der Waals surface area (Å²) in [5.74, 6) is 0.953. The zero-order valence-electron chi connectivity index (χ0n) is 21.2. The molecule has 12 heteroatoms. The van der Waals surface area contributed by atoms with Gasteiger partial charge in [-0.15, -0.1) is 47.0 Å². The van der Waals surface area contributed by atoms with Gasteiger partial charge in [0.2, 0.25) is 0 Å². The summed E-state index contributed by atoms with van der Waals surface area (Å²) in [6, 6.07) is 14.4. The number of fused-ring (bicyclic) bond motifs is 5. The molecule has 1 saturated carbocycles. The number of nitriles is 6. The minimum absolute atomic E-state index is 0.0334. The molecule has 6 nitrogen and oxygen atoms in total. The summed E-state index contributed by atoms with van der Waals surface area (Å²) in [6.07, 6.45) is 3.47. The van der Waals surface area contributed by atoms with Gasteiger partial charge < -0.3 is 0 Å². The summed E-state index contributed by atoms with van der Waals surface area (Å²) in [6.45, 7) is 0. The van der Waals surface area contributed by atoms with Crippen LogP contribution in [0.15, 0.2) is 11.1 Å². The van der Waals surface area contributed by atoms with E-state index in [1.807, 2.05) is 23.5 Å². The van der Waals surface area contributed by atoms with Gasteiger partial charge in [-0.2, -0.15) is 55.1 Å². The average Bonchev–Trinajstić information content (AvgIpc) is 3.80. The molecule has 6 aliphatic heterocycles. The van der Waals surface area contributed by atoms with Crippen molar-refractivity contribution in [2.24, 2.45) is 23.7 Å². The minimum Gasteiger partial charge on any atom is -0.197 e. The summed E-state index contributed by atoms with van der Waals surface area (Å²) < 4.78 is 0. The first-order chi connectivity index (χ1) is 19.5. The van der Waals surface area contributed by atoms with Gasteiger partial charge in [0, 0.05) is 42.0 Å². The standard InChI is InChI=1S/C28H24N6S6/c29-5-11(6-30)22-16-3-18(27-23-14(20(9-33)39-27)1-12(7-31)35-23)37-25(16)26-17(22)4-19(38-26)28-24-15(21(10-34)40-28)2-13(8-32)36-24/h12-21,23-28H,1-4H2. The van der Waals surface area contributed by atoms with Crippen LogP contribution in [0.1, 0.15) is 25.7 Å². The van der Waals surface area contributed by atoms with Gasteiger partial charge in [-0.1, -0.05) is 0 Å². The second kappa shape index (κ2) is 10.8. The average molecular weight is 637 g/mol. The highest BCUT2D eigenvalue weighted by molar-refractivity contribution is 8.09. The first-order valence-electron chi connectivity index (χ1n) is 13.6. The molecule has 0 amide bonds. The Balaban J connectivity index is 1.15. The van der Waals surface area contributed by atoms with Gasteiger partial charge in [0.25, 0.3) is 0 Å². The molecule has 7 fully saturated rings. The fraction of sp³-hybridized carbons (Fsp3) is 0.714. The van der Waals surface area contributed by atoms with Crippen molar-refractivity contribution in [1.29, 1.82) is 31.6 Å². The molecule has 0 radical (unpaired) electrons. The number of hydrogen-bond donors (Lipinski definition) is 0. The maximum Gasteiger partial charge on any atom is 0.129 e. The van der Waals surface area contributed by atoms with Gasteiger partial charge in [-0.25, -0.2) is 0 Å². The molecule has 0 bridgehead atoms. The fourth-order valence-corrected chi connectivity index (χ4v) is 20.5. The Hall–Kier alpha value is -1.22. The molecule has 40 heavy (non-hydrogen) atoms. The number of hydrogen-bond acceptors (Lipinski definition) is 12. The van der Waals surface area contributed by atoms with Crippen molar-refractivity contribution in [3.05, 3.63) is 11.1 Å². The van der Waals surface area contributed by atoms with Crippen LogP contribution in [0.4, 0.5) is 0 Å². The lowest BCUT2D eigenvalue weighted by molar-refractivity contribution is 0.508. The second-order valence-corrected chi connectivity index (χ2v) is 19.8. The Kier molecular flexibility index (Phi) is 7.46. The molecule has 6 heterocycles. The topological polar surface area (TPSA) is 143 Å². The van der Waals surface area contributed by atoms with Crippen molar-refractivity contribution in [1.82, 2.24) is 0 Å². The van der Waals surface area contributed by atoms with Crippen LogP contribution in [0.3, 0.4) is 0 Å². The lowest BCUT2D eigenvalue weighted by atomic mass is 9.85. The Morgan fingerprint density at radius 1 is 0.500 bits per heavy atom. The number of rotatable bonds is 2. The molecule has 1 aliphatic carbocycles. The van der Waals surface area contributed by atoms with Crippen LogP contribution in [0.2, 0.25) is 0 Å². The van der Waals surface area contributed by atoms with Crippen LogP contribution in [-0.2, 0) is 0 Å². The molecule has 7 aliphatic rings. The smallest absolute Gasteiger partial charge is 0.129 e. The zero-order valence-corrected chi connectivity index (χ0v) is 26.1. The van der Waals surface area contributed by atoms with Gasteiger partial charge in [0.05, 0.1) is 45.3 Å². The Morgan fingerprint density at radius 2 is 0.950 bits per heavy atom.